The van der Waals surface area contributed by atoms with Gasteiger partial charge in [-0.15, -0.1) is 6.42 Å². The molecule has 0 saturated heterocycles. The van der Waals surface area contributed by atoms with Crippen molar-refractivity contribution in [1.29, 1.82) is 0 Å². The van der Waals surface area contributed by atoms with Gasteiger partial charge in [0, 0.05) is 17.7 Å². The number of carbonyl (C=O) groups excluding carboxylic acids is 1. The number of carbonyl (C=O) groups is 1. The van der Waals surface area contributed by atoms with Gasteiger partial charge in [-0.25, -0.2) is 13.6 Å². The molecule has 0 aliphatic carbocycles. The maximum atomic E-state index is 12.4. The van der Waals surface area contributed by atoms with Crippen molar-refractivity contribution in [3.8, 4) is 12.3 Å². The highest BCUT2D eigenvalue weighted by Crippen LogP contribution is 2.21. The summed E-state index contributed by atoms with van der Waals surface area (Å²) in [5, 5.41) is 15.9. The molecule has 2 N–H and O–H groups in total. The van der Waals surface area contributed by atoms with Gasteiger partial charge in [0.15, 0.2) is 4.80 Å². The fourth-order valence-corrected chi connectivity index (χ4v) is 4.12. The molecule has 0 bridgehead atoms. The average molecular weight is 416 g/mol. The van der Waals surface area contributed by atoms with E-state index in [4.69, 9.17) is 11.6 Å². The fourth-order valence-electron chi connectivity index (χ4n) is 2.44. The van der Waals surface area contributed by atoms with Gasteiger partial charge in [-0.2, -0.15) is 4.99 Å². The number of hydrogen-bond donors (Lipinski definition) is 1. The lowest BCUT2D eigenvalue weighted by Crippen LogP contribution is -2.16. The summed E-state index contributed by atoms with van der Waals surface area (Å²) in [6.07, 6.45) is 5.39. The Morgan fingerprint density at radius 3 is 2.54 bits per heavy atom. The SMILES string of the molecule is C#CCn1c(=NC(=O)c2ccc([N+](=O)[O-])cc2)sc2cc(S(N)(=O)=O)ccc21. The molecule has 3 rings (SSSR count). The molecule has 9 nitrogen and oxygen atoms in total. The molecular formula is C17H12N4O5S2. The Labute approximate surface area is 163 Å². The van der Waals surface area contributed by atoms with Crippen LogP contribution in [0.2, 0.25) is 0 Å². The molecular weight excluding hydrogens is 404 g/mol. The van der Waals surface area contributed by atoms with Gasteiger partial charge in [0.05, 0.1) is 26.6 Å². The van der Waals surface area contributed by atoms with E-state index in [1.54, 1.807) is 4.57 Å². The second-order valence-electron chi connectivity index (χ2n) is 5.57. The van der Waals surface area contributed by atoms with Crippen molar-refractivity contribution in [3.05, 3.63) is 62.9 Å². The molecule has 1 amide bonds. The number of nitrogens with two attached hydrogens (primary N) is 1. The van der Waals surface area contributed by atoms with Gasteiger partial charge in [0.2, 0.25) is 10.0 Å². The van der Waals surface area contributed by atoms with Crippen LogP contribution in [0, 0.1) is 22.5 Å². The smallest absolute Gasteiger partial charge is 0.279 e. The first-order valence-electron chi connectivity index (χ1n) is 7.64. The molecule has 0 spiro atoms. The van der Waals surface area contributed by atoms with E-state index < -0.39 is 20.9 Å². The summed E-state index contributed by atoms with van der Waals surface area (Å²) in [6.45, 7) is 0.112. The van der Waals surface area contributed by atoms with Crippen LogP contribution in [0.5, 0.6) is 0 Å². The Balaban J connectivity index is 2.12. The number of benzene rings is 2. The minimum atomic E-state index is -3.88. The van der Waals surface area contributed by atoms with Gasteiger partial charge < -0.3 is 4.57 Å². The van der Waals surface area contributed by atoms with Gasteiger partial charge >= 0.3 is 0 Å². The molecule has 142 valence electrons. The van der Waals surface area contributed by atoms with E-state index in [2.05, 4.69) is 10.9 Å². The third-order valence-electron chi connectivity index (χ3n) is 3.75. The summed E-state index contributed by atoms with van der Waals surface area (Å²) in [5.41, 5.74) is 0.627. The first kappa shape index (κ1) is 19.4. The number of terminal acetylenes is 1. The van der Waals surface area contributed by atoms with Crippen LogP contribution in [0.15, 0.2) is 52.4 Å². The summed E-state index contributed by atoms with van der Waals surface area (Å²) < 4.78 is 25.2. The maximum absolute atomic E-state index is 12.4. The van der Waals surface area contributed by atoms with Crippen molar-refractivity contribution in [2.24, 2.45) is 10.1 Å². The number of nitrogens with zero attached hydrogens (tertiary/aromatic N) is 3. The molecule has 1 aromatic heterocycles. The second-order valence-corrected chi connectivity index (χ2v) is 8.14. The van der Waals surface area contributed by atoms with Crippen LogP contribution >= 0.6 is 11.3 Å². The number of primary sulfonamides is 1. The Bertz CT molecular complexity index is 1310. The highest BCUT2D eigenvalue weighted by molar-refractivity contribution is 7.89. The Kier molecular flexibility index (Phi) is 5.10. The molecule has 0 radical (unpaired) electrons. The van der Waals surface area contributed by atoms with Crippen molar-refractivity contribution in [1.82, 2.24) is 4.57 Å². The molecule has 3 aromatic rings. The van der Waals surface area contributed by atoms with Crippen LogP contribution in [0.25, 0.3) is 10.2 Å². The molecule has 0 aliphatic heterocycles. The summed E-state index contributed by atoms with van der Waals surface area (Å²) in [5.74, 6) is 1.85. The zero-order chi connectivity index (χ0) is 20.5. The number of nitro benzene ring substituents is 1. The quantitative estimate of drug-likeness (QED) is 0.391. The Morgan fingerprint density at radius 1 is 1.29 bits per heavy atom. The van der Waals surface area contributed by atoms with Crippen LogP contribution in [0.4, 0.5) is 5.69 Å². The largest absolute Gasteiger partial charge is 0.305 e. The summed E-state index contributed by atoms with van der Waals surface area (Å²) in [6, 6.07) is 9.31. The standard InChI is InChI=1S/C17H12N4O5S2/c1-2-9-20-14-8-7-13(28(18,25)26)10-15(14)27-17(20)19-16(22)11-3-5-12(6-4-11)21(23)24/h1,3-8,10H,9H2,(H2,18,25,26). The molecule has 0 aliphatic rings. The molecule has 0 unspecified atom stereocenters. The Morgan fingerprint density at radius 2 is 1.96 bits per heavy atom. The second kappa shape index (κ2) is 7.35. The topological polar surface area (TPSA) is 138 Å². The van der Waals surface area contributed by atoms with Crippen molar-refractivity contribution >= 4 is 43.2 Å². The van der Waals surface area contributed by atoms with Crippen LogP contribution in [0.3, 0.4) is 0 Å². The average Bonchev–Trinajstić information content (AvgIpc) is 2.98. The van der Waals surface area contributed by atoms with E-state index in [1.165, 1.54) is 42.5 Å². The zero-order valence-electron chi connectivity index (χ0n) is 14.1. The first-order valence-corrected chi connectivity index (χ1v) is 10.00. The number of fused-ring (bicyclic) bond motifs is 1. The van der Waals surface area contributed by atoms with Gasteiger partial charge in [-0.1, -0.05) is 17.3 Å². The number of thiazole rings is 1. The number of hydrogen-bond acceptors (Lipinski definition) is 6. The normalized spacial score (nSPS) is 12.1. The predicted molar refractivity (Wildman–Crippen MR) is 103 cm³/mol. The molecule has 0 saturated carbocycles. The van der Waals surface area contributed by atoms with Gasteiger partial charge in [0.1, 0.15) is 0 Å². The number of amides is 1. The van der Waals surface area contributed by atoms with Gasteiger partial charge in [-0.05, 0) is 30.3 Å². The summed E-state index contributed by atoms with van der Waals surface area (Å²) in [7, 11) is -3.88. The van der Waals surface area contributed by atoms with Crippen molar-refractivity contribution in [2.75, 3.05) is 0 Å². The van der Waals surface area contributed by atoms with Crippen LogP contribution in [-0.4, -0.2) is 23.8 Å². The predicted octanol–water partition coefficient (Wildman–Crippen LogP) is 1.63. The highest BCUT2D eigenvalue weighted by Gasteiger charge is 2.14. The highest BCUT2D eigenvalue weighted by atomic mass is 32.2. The van der Waals surface area contributed by atoms with E-state index in [0.29, 0.717) is 10.2 Å². The number of nitro groups is 1. The first-order chi connectivity index (χ1) is 13.2. The number of sulfonamides is 1. The minimum absolute atomic E-state index is 0.0673. The molecule has 28 heavy (non-hydrogen) atoms. The summed E-state index contributed by atoms with van der Waals surface area (Å²) >= 11 is 1.08. The lowest BCUT2D eigenvalue weighted by atomic mass is 10.2. The lowest BCUT2D eigenvalue weighted by molar-refractivity contribution is -0.384. The van der Waals surface area contributed by atoms with E-state index in [1.807, 2.05) is 0 Å². The molecule has 2 aromatic carbocycles. The van der Waals surface area contributed by atoms with Crippen LogP contribution < -0.4 is 9.94 Å². The minimum Gasteiger partial charge on any atom is -0.305 e. The Hall–Kier alpha value is -3.33. The van der Waals surface area contributed by atoms with Crippen molar-refractivity contribution < 1.29 is 18.1 Å². The zero-order valence-corrected chi connectivity index (χ0v) is 15.7. The number of aromatic nitrogens is 1. The maximum Gasteiger partial charge on any atom is 0.279 e. The molecule has 0 fully saturated rings. The molecule has 0 atom stereocenters. The number of non-ortho nitro benzene ring substituents is 1. The third-order valence-corrected chi connectivity index (χ3v) is 5.71. The van der Waals surface area contributed by atoms with Crippen molar-refractivity contribution in [3.63, 3.8) is 0 Å². The van der Waals surface area contributed by atoms with Gasteiger partial charge in [0.25, 0.3) is 11.6 Å². The van der Waals surface area contributed by atoms with Crippen LogP contribution in [-0.2, 0) is 16.6 Å². The molecule has 1 heterocycles. The van der Waals surface area contributed by atoms with Crippen LogP contribution in [0.1, 0.15) is 10.4 Å². The van der Waals surface area contributed by atoms with E-state index in [9.17, 15) is 23.3 Å². The van der Waals surface area contributed by atoms with Crippen molar-refractivity contribution in [2.45, 2.75) is 11.4 Å². The monoisotopic (exact) mass is 416 g/mol. The van der Waals surface area contributed by atoms with Gasteiger partial charge in [-0.3, -0.25) is 14.9 Å². The lowest BCUT2D eigenvalue weighted by Gasteiger charge is -2.01. The number of rotatable bonds is 4. The van der Waals surface area contributed by atoms with E-state index in [0.717, 1.165) is 11.3 Å². The summed E-state index contributed by atoms with van der Waals surface area (Å²) in [4.78, 5) is 26.8. The molecule has 11 heteroatoms. The third kappa shape index (κ3) is 3.84. The fraction of sp³-hybridized carbons (Fsp3) is 0.0588. The van der Waals surface area contributed by atoms with E-state index in [-0.39, 0.29) is 27.5 Å². The van der Waals surface area contributed by atoms with E-state index >= 15 is 0 Å².